The summed E-state index contributed by atoms with van der Waals surface area (Å²) in [6, 6.07) is 9.69. The van der Waals surface area contributed by atoms with Crippen LogP contribution in [-0.2, 0) is 11.2 Å². The summed E-state index contributed by atoms with van der Waals surface area (Å²) < 4.78 is 33.5. The molecular weight excluding hydrogens is 524 g/mol. The number of imide groups is 1. The Kier molecular flexibility index (Phi) is 8.88. The number of benzene rings is 2. The SMILES string of the molecule is CN(C(=O)O)C1CN(CC#Cc2cnccc2Oc2ccc(NC(=O)NC(=O)Cc3ccc(F)cc3)cc2F)C1. The Bertz CT molecular complexity index is 1470. The van der Waals surface area contributed by atoms with Crippen molar-refractivity contribution in [2.75, 3.05) is 32.0 Å². The van der Waals surface area contributed by atoms with E-state index in [0.717, 1.165) is 6.07 Å². The third-order valence-electron chi connectivity index (χ3n) is 6.03. The third kappa shape index (κ3) is 7.52. The first-order chi connectivity index (χ1) is 19.2. The zero-order valence-corrected chi connectivity index (χ0v) is 21.4. The smallest absolute Gasteiger partial charge is 0.407 e. The van der Waals surface area contributed by atoms with E-state index in [2.05, 4.69) is 27.5 Å². The Morgan fingerprint density at radius 2 is 1.88 bits per heavy atom. The van der Waals surface area contributed by atoms with Crippen LogP contribution in [0.4, 0.5) is 24.1 Å². The van der Waals surface area contributed by atoms with Gasteiger partial charge in [-0.1, -0.05) is 24.0 Å². The Labute approximate surface area is 228 Å². The number of nitrogens with zero attached hydrogens (tertiary/aromatic N) is 3. The van der Waals surface area contributed by atoms with Gasteiger partial charge in [-0.2, -0.15) is 0 Å². The number of halogens is 2. The van der Waals surface area contributed by atoms with Gasteiger partial charge in [0.25, 0.3) is 0 Å². The van der Waals surface area contributed by atoms with Crippen LogP contribution in [0.15, 0.2) is 60.9 Å². The number of hydrogen-bond acceptors (Lipinski definition) is 6. The number of rotatable bonds is 7. The molecule has 206 valence electrons. The highest BCUT2D eigenvalue weighted by molar-refractivity contribution is 6.01. The van der Waals surface area contributed by atoms with Crippen LogP contribution in [0.1, 0.15) is 11.1 Å². The molecule has 2 heterocycles. The van der Waals surface area contributed by atoms with Crippen molar-refractivity contribution >= 4 is 23.7 Å². The van der Waals surface area contributed by atoms with Gasteiger partial charge in [-0.15, -0.1) is 0 Å². The highest BCUT2D eigenvalue weighted by atomic mass is 19.1. The summed E-state index contributed by atoms with van der Waals surface area (Å²) in [5.74, 6) is 4.29. The number of urea groups is 1. The molecule has 1 saturated heterocycles. The predicted octanol–water partition coefficient (Wildman–Crippen LogP) is 3.69. The van der Waals surface area contributed by atoms with E-state index >= 15 is 0 Å². The molecule has 4 rings (SSSR count). The molecule has 1 fully saturated rings. The van der Waals surface area contributed by atoms with Gasteiger partial charge in [0, 0.05) is 50.4 Å². The van der Waals surface area contributed by atoms with Crippen LogP contribution in [0.3, 0.4) is 0 Å². The van der Waals surface area contributed by atoms with E-state index in [0.29, 0.717) is 30.8 Å². The predicted molar refractivity (Wildman–Crippen MR) is 141 cm³/mol. The number of ether oxygens (including phenoxy) is 1. The first-order valence-electron chi connectivity index (χ1n) is 12.1. The van der Waals surface area contributed by atoms with Gasteiger partial charge >= 0.3 is 12.1 Å². The molecule has 40 heavy (non-hydrogen) atoms. The lowest BCUT2D eigenvalue weighted by Crippen LogP contribution is -2.59. The Morgan fingerprint density at radius 3 is 2.58 bits per heavy atom. The van der Waals surface area contributed by atoms with E-state index in [1.54, 1.807) is 0 Å². The normalized spacial score (nSPS) is 12.9. The molecule has 2 aromatic carbocycles. The minimum Gasteiger partial charge on any atom is -0.465 e. The quantitative estimate of drug-likeness (QED) is 0.384. The number of amides is 4. The van der Waals surface area contributed by atoms with E-state index in [4.69, 9.17) is 9.84 Å². The highest BCUT2D eigenvalue weighted by Gasteiger charge is 2.31. The number of nitrogens with one attached hydrogen (secondary N) is 2. The first-order valence-corrected chi connectivity index (χ1v) is 12.1. The van der Waals surface area contributed by atoms with Crippen molar-refractivity contribution in [3.05, 3.63) is 83.7 Å². The van der Waals surface area contributed by atoms with Crippen LogP contribution in [0.5, 0.6) is 11.5 Å². The molecule has 10 nitrogen and oxygen atoms in total. The summed E-state index contributed by atoms with van der Waals surface area (Å²) >= 11 is 0. The van der Waals surface area contributed by atoms with Crippen molar-refractivity contribution in [2.45, 2.75) is 12.5 Å². The van der Waals surface area contributed by atoms with Gasteiger partial charge in [0.05, 0.1) is 24.6 Å². The summed E-state index contributed by atoms with van der Waals surface area (Å²) in [6.45, 7) is 1.58. The molecule has 0 spiro atoms. The average molecular weight is 550 g/mol. The number of anilines is 1. The topological polar surface area (TPSA) is 124 Å². The Balaban J connectivity index is 1.31. The van der Waals surface area contributed by atoms with Gasteiger partial charge in [0.1, 0.15) is 11.6 Å². The molecule has 1 aliphatic rings. The number of hydrogen-bond donors (Lipinski definition) is 3. The van der Waals surface area contributed by atoms with E-state index in [1.165, 1.54) is 66.8 Å². The van der Waals surface area contributed by atoms with Crippen LogP contribution < -0.4 is 15.4 Å². The van der Waals surface area contributed by atoms with Crippen molar-refractivity contribution < 1.29 is 33.0 Å². The molecule has 3 N–H and O–H groups in total. The van der Waals surface area contributed by atoms with Crippen molar-refractivity contribution in [3.63, 3.8) is 0 Å². The molecule has 0 saturated carbocycles. The molecular formula is C28H25F2N5O5. The molecule has 0 radical (unpaired) electrons. The molecule has 4 amide bonds. The second-order valence-corrected chi connectivity index (χ2v) is 8.97. The number of carboxylic acid groups (broad SMARTS) is 1. The van der Waals surface area contributed by atoms with Gasteiger partial charge in [-0.25, -0.2) is 18.4 Å². The second-order valence-electron chi connectivity index (χ2n) is 8.97. The van der Waals surface area contributed by atoms with Crippen LogP contribution >= 0.6 is 0 Å². The van der Waals surface area contributed by atoms with Gasteiger partial charge in [-0.3, -0.25) is 20.0 Å². The molecule has 0 bridgehead atoms. The van der Waals surface area contributed by atoms with E-state index < -0.39 is 29.7 Å². The fraction of sp³-hybridized carbons (Fsp3) is 0.214. The molecule has 1 aromatic heterocycles. The number of pyridine rings is 1. The number of carbonyl (C=O) groups excluding carboxylic acids is 2. The summed E-state index contributed by atoms with van der Waals surface area (Å²) in [5.41, 5.74) is 1.05. The van der Waals surface area contributed by atoms with Gasteiger partial charge < -0.3 is 20.1 Å². The van der Waals surface area contributed by atoms with E-state index in [-0.39, 0.29) is 29.6 Å². The maximum atomic E-state index is 14.8. The summed E-state index contributed by atoms with van der Waals surface area (Å²) in [5, 5.41) is 13.5. The van der Waals surface area contributed by atoms with Crippen LogP contribution in [0.2, 0.25) is 0 Å². The monoisotopic (exact) mass is 549 g/mol. The standard InChI is InChI=1S/C28H25F2N5O5/c1-34(28(38)39)22-16-35(17-22)12-2-3-19-15-31-11-10-24(19)40-25-9-8-21(14-23(25)30)32-27(37)33-26(36)13-18-4-6-20(29)7-5-18/h4-11,14-15,22H,12-13,16-17H2,1H3,(H,38,39)(H2,32,33,36,37). The lowest BCUT2D eigenvalue weighted by molar-refractivity contribution is -0.119. The van der Waals surface area contributed by atoms with Crippen LogP contribution in [-0.4, -0.2) is 70.6 Å². The fourth-order valence-corrected chi connectivity index (χ4v) is 3.78. The fourth-order valence-electron chi connectivity index (χ4n) is 3.78. The van der Waals surface area contributed by atoms with E-state index in [9.17, 15) is 23.2 Å². The van der Waals surface area contributed by atoms with Crippen LogP contribution in [0.25, 0.3) is 0 Å². The molecule has 0 atom stereocenters. The highest BCUT2D eigenvalue weighted by Crippen LogP contribution is 2.28. The molecule has 0 aliphatic carbocycles. The van der Waals surface area contributed by atoms with Crippen LogP contribution in [0, 0.1) is 23.5 Å². The minimum absolute atomic E-state index is 0.0648. The summed E-state index contributed by atoms with van der Waals surface area (Å²) in [6.07, 6.45) is 1.86. The molecule has 12 heteroatoms. The van der Waals surface area contributed by atoms with Crippen molar-refractivity contribution in [3.8, 4) is 23.3 Å². The Morgan fingerprint density at radius 1 is 1.12 bits per heavy atom. The van der Waals surface area contributed by atoms with Crippen molar-refractivity contribution in [2.24, 2.45) is 0 Å². The zero-order chi connectivity index (χ0) is 28.6. The number of carbonyl (C=O) groups is 3. The lowest BCUT2D eigenvalue weighted by Gasteiger charge is -2.41. The van der Waals surface area contributed by atoms with Crippen molar-refractivity contribution in [1.82, 2.24) is 20.1 Å². The Hall–Kier alpha value is -5.02. The number of likely N-dealkylation sites (N-methyl/N-ethyl adjacent to an activating group) is 1. The van der Waals surface area contributed by atoms with Gasteiger partial charge in [-0.05, 0) is 29.8 Å². The molecule has 1 aliphatic heterocycles. The maximum Gasteiger partial charge on any atom is 0.407 e. The zero-order valence-electron chi connectivity index (χ0n) is 21.4. The third-order valence-corrected chi connectivity index (χ3v) is 6.03. The van der Waals surface area contributed by atoms with Gasteiger partial charge in [0.2, 0.25) is 5.91 Å². The molecule has 3 aromatic rings. The molecule has 0 unspecified atom stereocenters. The van der Waals surface area contributed by atoms with Crippen molar-refractivity contribution in [1.29, 1.82) is 0 Å². The lowest BCUT2D eigenvalue weighted by atomic mass is 10.1. The van der Waals surface area contributed by atoms with Gasteiger partial charge in [0.15, 0.2) is 11.6 Å². The second kappa shape index (κ2) is 12.7. The average Bonchev–Trinajstić information content (AvgIpc) is 2.88. The maximum absolute atomic E-state index is 14.8. The summed E-state index contributed by atoms with van der Waals surface area (Å²) in [4.78, 5) is 42.5. The largest absolute Gasteiger partial charge is 0.465 e. The van der Waals surface area contributed by atoms with E-state index in [1.807, 2.05) is 4.90 Å². The number of aromatic nitrogens is 1. The summed E-state index contributed by atoms with van der Waals surface area (Å²) in [7, 11) is 1.53. The first kappa shape index (κ1) is 28.0. The number of likely N-dealkylation sites (tertiary alicyclic amines) is 1. The minimum atomic E-state index is -0.971.